The lowest BCUT2D eigenvalue weighted by molar-refractivity contribution is 0.0950. The van der Waals surface area contributed by atoms with E-state index in [1.54, 1.807) is 30.9 Å². The topological polar surface area (TPSA) is 66.9 Å². The summed E-state index contributed by atoms with van der Waals surface area (Å²) in [7, 11) is 1.76. The third-order valence-electron chi connectivity index (χ3n) is 2.19. The van der Waals surface area contributed by atoms with Crippen LogP contribution in [-0.2, 0) is 6.54 Å². The molecule has 2 aromatic heterocycles. The predicted molar refractivity (Wildman–Crippen MR) is 67.1 cm³/mol. The maximum absolute atomic E-state index is 11.8. The van der Waals surface area contributed by atoms with E-state index in [1.165, 1.54) is 11.3 Å². The fourth-order valence-corrected chi connectivity index (χ4v) is 1.86. The number of hydrogen-bond acceptors (Lipinski definition) is 5. The van der Waals surface area contributed by atoms with Crippen molar-refractivity contribution in [1.82, 2.24) is 15.3 Å². The van der Waals surface area contributed by atoms with E-state index >= 15 is 0 Å². The Morgan fingerprint density at radius 2 is 2.35 bits per heavy atom. The van der Waals surface area contributed by atoms with Crippen molar-refractivity contribution in [2.24, 2.45) is 0 Å². The molecule has 0 unspecified atom stereocenters. The number of amides is 1. The van der Waals surface area contributed by atoms with E-state index in [4.69, 9.17) is 0 Å². The highest BCUT2D eigenvalue weighted by Gasteiger charge is 2.06. The lowest BCUT2D eigenvalue weighted by Gasteiger charge is -2.04. The zero-order chi connectivity index (χ0) is 12.1. The van der Waals surface area contributed by atoms with Crippen molar-refractivity contribution < 1.29 is 4.79 Å². The molecule has 5 nitrogen and oxygen atoms in total. The van der Waals surface area contributed by atoms with E-state index in [0.29, 0.717) is 17.9 Å². The Kier molecular flexibility index (Phi) is 3.66. The van der Waals surface area contributed by atoms with E-state index < -0.39 is 0 Å². The van der Waals surface area contributed by atoms with Gasteiger partial charge in [0.25, 0.3) is 5.91 Å². The SMILES string of the molecule is CNc1cc(C(=O)NCc2cscn2)ccn1. The number of rotatable bonds is 4. The highest BCUT2D eigenvalue weighted by atomic mass is 32.1. The van der Waals surface area contributed by atoms with Crippen LogP contribution in [0.15, 0.2) is 29.2 Å². The number of pyridine rings is 1. The van der Waals surface area contributed by atoms with Gasteiger partial charge in [-0.05, 0) is 12.1 Å². The number of hydrogen-bond donors (Lipinski definition) is 2. The number of carbonyl (C=O) groups is 1. The van der Waals surface area contributed by atoms with Crippen molar-refractivity contribution in [3.63, 3.8) is 0 Å². The number of nitrogens with one attached hydrogen (secondary N) is 2. The van der Waals surface area contributed by atoms with Crippen LogP contribution < -0.4 is 10.6 Å². The minimum atomic E-state index is -0.128. The molecule has 0 aliphatic heterocycles. The van der Waals surface area contributed by atoms with Crippen LogP contribution >= 0.6 is 11.3 Å². The van der Waals surface area contributed by atoms with Gasteiger partial charge < -0.3 is 10.6 Å². The fourth-order valence-electron chi connectivity index (χ4n) is 1.31. The summed E-state index contributed by atoms with van der Waals surface area (Å²) >= 11 is 1.51. The zero-order valence-corrected chi connectivity index (χ0v) is 10.1. The van der Waals surface area contributed by atoms with Crippen molar-refractivity contribution in [1.29, 1.82) is 0 Å². The first kappa shape index (κ1) is 11.5. The molecule has 0 aliphatic carbocycles. The van der Waals surface area contributed by atoms with Crippen molar-refractivity contribution in [3.05, 3.63) is 40.5 Å². The summed E-state index contributed by atoms with van der Waals surface area (Å²) in [6, 6.07) is 3.38. The van der Waals surface area contributed by atoms with Crippen LogP contribution in [-0.4, -0.2) is 22.9 Å². The monoisotopic (exact) mass is 248 g/mol. The number of anilines is 1. The number of thiazole rings is 1. The second kappa shape index (κ2) is 5.40. The van der Waals surface area contributed by atoms with E-state index in [2.05, 4.69) is 20.6 Å². The van der Waals surface area contributed by atoms with Gasteiger partial charge in [-0.2, -0.15) is 0 Å². The molecule has 0 saturated carbocycles. The summed E-state index contributed by atoms with van der Waals surface area (Å²) in [6.07, 6.45) is 1.60. The third kappa shape index (κ3) is 3.01. The highest BCUT2D eigenvalue weighted by molar-refractivity contribution is 7.07. The summed E-state index contributed by atoms with van der Waals surface area (Å²) in [5, 5.41) is 7.60. The first-order valence-corrected chi connectivity index (χ1v) is 6.03. The summed E-state index contributed by atoms with van der Waals surface area (Å²) in [5.41, 5.74) is 3.19. The van der Waals surface area contributed by atoms with Crippen LogP contribution in [0.2, 0.25) is 0 Å². The van der Waals surface area contributed by atoms with Gasteiger partial charge in [0, 0.05) is 24.2 Å². The maximum Gasteiger partial charge on any atom is 0.251 e. The van der Waals surface area contributed by atoms with Crippen LogP contribution in [0.1, 0.15) is 16.1 Å². The molecule has 0 radical (unpaired) electrons. The van der Waals surface area contributed by atoms with Gasteiger partial charge in [0.15, 0.2) is 0 Å². The molecule has 6 heteroatoms. The summed E-state index contributed by atoms with van der Waals surface area (Å²) in [5.74, 6) is 0.545. The maximum atomic E-state index is 11.8. The Hall–Kier alpha value is -1.95. The van der Waals surface area contributed by atoms with Gasteiger partial charge in [0.1, 0.15) is 5.82 Å². The molecule has 88 valence electrons. The van der Waals surface area contributed by atoms with Gasteiger partial charge in [-0.1, -0.05) is 0 Å². The Bertz CT molecular complexity index is 498. The Balaban J connectivity index is 1.99. The van der Waals surface area contributed by atoms with Crippen molar-refractivity contribution in [3.8, 4) is 0 Å². The van der Waals surface area contributed by atoms with Gasteiger partial charge in [0.2, 0.25) is 0 Å². The van der Waals surface area contributed by atoms with E-state index in [-0.39, 0.29) is 5.91 Å². The average Bonchev–Trinajstić information content (AvgIpc) is 2.89. The van der Waals surface area contributed by atoms with E-state index in [1.807, 2.05) is 5.38 Å². The average molecular weight is 248 g/mol. The minimum absolute atomic E-state index is 0.128. The fraction of sp³-hybridized carbons (Fsp3) is 0.182. The molecule has 0 bridgehead atoms. The molecule has 0 aliphatic rings. The summed E-state index contributed by atoms with van der Waals surface area (Å²) in [4.78, 5) is 20.0. The van der Waals surface area contributed by atoms with Crippen LogP contribution in [0, 0.1) is 0 Å². The normalized spacial score (nSPS) is 9.94. The molecular formula is C11H12N4OS. The van der Waals surface area contributed by atoms with Crippen LogP contribution in [0.4, 0.5) is 5.82 Å². The second-order valence-corrected chi connectivity index (χ2v) is 4.06. The van der Waals surface area contributed by atoms with Crippen molar-refractivity contribution in [2.45, 2.75) is 6.54 Å². The Morgan fingerprint density at radius 3 is 3.06 bits per heavy atom. The lowest BCUT2D eigenvalue weighted by atomic mass is 10.2. The highest BCUT2D eigenvalue weighted by Crippen LogP contribution is 2.06. The number of carbonyl (C=O) groups excluding carboxylic acids is 1. The van der Waals surface area contributed by atoms with Gasteiger partial charge in [0.05, 0.1) is 17.7 Å². The van der Waals surface area contributed by atoms with Gasteiger partial charge in [-0.15, -0.1) is 11.3 Å². The van der Waals surface area contributed by atoms with Gasteiger partial charge >= 0.3 is 0 Å². The predicted octanol–water partition coefficient (Wildman–Crippen LogP) is 1.51. The van der Waals surface area contributed by atoms with Crippen molar-refractivity contribution in [2.75, 3.05) is 12.4 Å². The third-order valence-corrected chi connectivity index (χ3v) is 2.83. The second-order valence-electron chi connectivity index (χ2n) is 3.34. The van der Waals surface area contributed by atoms with Crippen LogP contribution in [0.25, 0.3) is 0 Å². The molecule has 0 saturated heterocycles. The lowest BCUT2D eigenvalue weighted by Crippen LogP contribution is -2.23. The molecule has 0 aromatic carbocycles. The number of aromatic nitrogens is 2. The molecular weight excluding hydrogens is 236 g/mol. The Morgan fingerprint density at radius 1 is 1.47 bits per heavy atom. The smallest absolute Gasteiger partial charge is 0.251 e. The molecule has 0 spiro atoms. The van der Waals surface area contributed by atoms with E-state index in [0.717, 1.165) is 5.69 Å². The summed E-state index contributed by atoms with van der Waals surface area (Å²) in [6.45, 7) is 0.444. The minimum Gasteiger partial charge on any atom is -0.373 e. The molecule has 2 N–H and O–H groups in total. The molecule has 0 atom stereocenters. The Labute approximate surface area is 103 Å². The van der Waals surface area contributed by atoms with Gasteiger partial charge in [-0.25, -0.2) is 9.97 Å². The first-order chi connectivity index (χ1) is 8.29. The molecule has 1 amide bonds. The van der Waals surface area contributed by atoms with Crippen LogP contribution in [0.3, 0.4) is 0 Å². The molecule has 2 aromatic rings. The molecule has 0 fully saturated rings. The largest absolute Gasteiger partial charge is 0.373 e. The van der Waals surface area contributed by atoms with Crippen LogP contribution in [0.5, 0.6) is 0 Å². The standard InChI is InChI=1S/C11H12N4OS/c1-12-10-4-8(2-3-13-10)11(16)14-5-9-6-17-7-15-9/h2-4,6-7H,5H2,1H3,(H,12,13)(H,14,16). The molecule has 2 rings (SSSR count). The van der Waals surface area contributed by atoms with E-state index in [9.17, 15) is 4.79 Å². The quantitative estimate of drug-likeness (QED) is 0.860. The summed E-state index contributed by atoms with van der Waals surface area (Å²) < 4.78 is 0. The first-order valence-electron chi connectivity index (χ1n) is 5.08. The molecule has 2 heterocycles. The van der Waals surface area contributed by atoms with Gasteiger partial charge in [-0.3, -0.25) is 4.79 Å². The number of nitrogens with zero attached hydrogens (tertiary/aromatic N) is 2. The molecule has 17 heavy (non-hydrogen) atoms. The zero-order valence-electron chi connectivity index (χ0n) is 9.30. The van der Waals surface area contributed by atoms with Crippen molar-refractivity contribution >= 4 is 23.1 Å².